The van der Waals surface area contributed by atoms with E-state index in [4.69, 9.17) is 4.74 Å². The smallest absolute Gasteiger partial charge is 0.412 e. The van der Waals surface area contributed by atoms with Crippen molar-refractivity contribution in [2.24, 2.45) is 0 Å². The zero-order valence-electron chi connectivity index (χ0n) is 12.0. The lowest BCUT2D eigenvalue weighted by atomic mass is 10.00. The fraction of sp³-hybridized carbons (Fsp3) is 0.533. The number of benzene rings is 1. The zero-order valence-corrected chi connectivity index (χ0v) is 12.0. The fourth-order valence-electron chi connectivity index (χ4n) is 2.40. The number of carbonyl (C=O) groups excluding carboxylic acids is 1. The summed E-state index contributed by atoms with van der Waals surface area (Å²) in [6, 6.07) is 5.70. The number of amides is 1. The molecule has 0 spiro atoms. The van der Waals surface area contributed by atoms with Gasteiger partial charge >= 0.3 is 6.09 Å². The lowest BCUT2D eigenvalue weighted by molar-refractivity contribution is -0.0894. The zero-order chi connectivity index (χ0) is 15.0. The van der Waals surface area contributed by atoms with Crippen molar-refractivity contribution in [2.75, 3.05) is 6.54 Å². The van der Waals surface area contributed by atoms with Crippen LogP contribution in [-0.2, 0) is 10.5 Å². The first-order valence-corrected chi connectivity index (χ1v) is 6.71. The molecule has 1 aliphatic rings. The number of likely N-dealkylation sites (tertiary alicyclic amines) is 1. The first kappa shape index (κ1) is 14.8. The van der Waals surface area contributed by atoms with E-state index in [0.717, 1.165) is 0 Å². The van der Waals surface area contributed by atoms with Gasteiger partial charge in [0.15, 0.2) is 5.72 Å². The number of carbonyl (C=O) groups is 1. The Morgan fingerprint density at radius 2 is 2.15 bits per heavy atom. The van der Waals surface area contributed by atoms with Crippen molar-refractivity contribution in [1.82, 2.24) is 4.90 Å². The van der Waals surface area contributed by atoms with Gasteiger partial charge in [-0.15, -0.1) is 0 Å². The summed E-state index contributed by atoms with van der Waals surface area (Å²) in [4.78, 5) is 13.5. The molecule has 1 saturated heterocycles. The maximum atomic E-state index is 13.3. The van der Waals surface area contributed by atoms with E-state index in [-0.39, 0.29) is 0 Å². The van der Waals surface area contributed by atoms with Crippen molar-refractivity contribution in [3.8, 4) is 0 Å². The Labute approximate surface area is 118 Å². The van der Waals surface area contributed by atoms with E-state index < -0.39 is 23.2 Å². The highest BCUT2D eigenvalue weighted by Crippen LogP contribution is 2.37. The largest absolute Gasteiger partial charge is 0.444 e. The standard InChI is InChI=1S/C15H20FNO3/c1-14(2,3)20-13(18)17-9-5-8-15(17,19)11-6-4-7-12(16)10-11/h4,6-7,10,19H,5,8-9H2,1-3H3. The molecule has 20 heavy (non-hydrogen) atoms. The molecule has 110 valence electrons. The Morgan fingerprint density at radius 3 is 2.75 bits per heavy atom. The molecule has 1 aliphatic heterocycles. The highest BCUT2D eigenvalue weighted by atomic mass is 19.1. The first-order chi connectivity index (χ1) is 9.22. The molecule has 4 nitrogen and oxygen atoms in total. The number of ether oxygens (including phenoxy) is 1. The normalized spacial score (nSPS) is 22.9. The molecular weight excluding hydrogens is 261 g/mol. The van der Waals surface area contributed by atoms with Crippen LogP contribution in [0.15, 0.2) is 24.3 Å². The monoisotopic (exact) mass is 281 g/mol. The van der Waals surface area contributed by atoms with Gasteiger partial charge < -0.3 is 9.84 Å². The molecule has 1 fully saturated rings. The van der Waals surface area contributed by atoms with Crippen molar-refractivity contribution < 1.29 is 19.0 Å². The van der Waals surface area contributed by atoms with E-state index in [1.54, 1.807) is 26.8 Å². The van der Waals surface area contributed by atoms with Gasteiger partial charge in [0, 0.05) is 18.5 Å². The molecule has 0 saturated carbocycles. The van der Waals surface area contributed by atoms with Gasteiger partial charge in [-0.25, -0.2) is 9.18 Å². The minimum Gasteiger partial charge on any atom is -0.444 e. The van der Waals surface area contributed by atoms with Crippen LogP contribution < -0.4 is 0 Å². The van der Waals surface area contributed by atoms with Gasteiger partial charge in [-0.1, -0.05) is 12.1 Å². The van der Waals surface area contributed by atoms with Crippen LogP contribution in [0.1, 0.15) is 39.2 Å². The van der Waals surface area contributed by atoms with Gasteiger partial charge in [-0.05, 0) is 39.3 Å². The van der Waals surface area contributed by atoms with E-state index in [1.807, 2.05) is 0 Å². The summed E-state index contributed by atoms with van der Waals surface area (Å²) in [5, 5.41) is 10.8. The molecule has 5 heteroatoms. The summed E-state index contributed by atoms with van der Waals surface area (Å²) in [5.74, 6) is -0.438. The Morgan fingerprint density at radius 1 is 1.45 bits per heavy atom. The van der Waals surface area contributed by atoms with Gasteiger partial charge in [-0.3, -0.25) is 4.90 Å². The quantitative estimate of drug-likeness (QED) is 0.861. The van der Waals surface area contributed by atoms with E-state index in [0.29, 0.717) is 24.9 Å². The number of hydrogen-bond donors (Lipinski definition) is 1. The molecule has 1 aromatic carbocycles. The van der Waals surface area contributed by atoms with Crippen LogP contribution in [-0.4, -0.2) is 28.2 Å². The molecule has 1 aromatic rings. The number of hydrogen-bond acceptors (Lipinski definition) is 3. The van der Waals surface area contributed by atoms with Gasteiger partial charge in [0.1, 0.15) is 11.4 Å². The fourth-order valence-corrected chi connectivity index (χ4v) is 2.40. The van der Waals surface area contributed by atoms with Crippen molar-refractivity contribution in [1.29, 1.82) is 0 Å². The highest BCUT2D eigenvalue weighted by molar-refractivity contribution is 5.69. The van der Waals surface area contributed by atoms with Crippen LogP contribution in [0.25, 0.3) is 0 Å². The van der Waals surface area contributed by atoms with Crippen LogP contribution in [0.3, 0.4) is 0 Å². The van der Waals surface area contributed by atoms with E-state index in [9.17, 15) is 14.3 Å². The third-order valence-electron chi connectivity index (χ3n) is 3.25. The van der Waals surface area contributed by atoms with Crippen LogP contribution in [0.2, 0.25) is 0 Å². The molecule has 2 rings (SSSR count). The van der Waals surface area contributed by atoms with Gasteiger partial charge in [0.05, 0.1) is 0 Å². The minimum absolute atomic E-state index is 0.371. The van der Waals surface area contributed by atoms with Crippen molar-refractivity contribution in [2.45, 2.75) is 44.9 Å². The molecular formula is C15H20FNO3. The lowest BCUT2D eigenvalue weighted by Crippen LogP contribution is -2.47. The third-order valence-corrected chi connectivity index (χ3v) is 3.25. The minimum atomic E-state index is -1.50. The topological polar surface area (TPSA) is 49.8 Å². The summed E-state index contributed by atoms with van der Waals surface area (Å²) in [6.45, 7) is 5.69. The van der Waals surface area contributed by atoms with Crippen LogP contribution in [0, 0.1) is 5.82 Å². The summed E-state index contributed by atoms with van der Waals surface area (Å²) < 4.78 is 18.6. The highest BCUT2D eigenvalue weighted by Gasteiger charge is 2.45. The van der Waals surface area contributed by atoms with E-state index in [1.165, 1.54) is 23.1 Å². The predicted octanol–water partition coefficient (Wildman–Crippen LogP) is 3.00. The SMILES string of the molecule is CC(C)(C)OC(=O)N1CCCC1(O)c1cccc(F)c1. The Balaban J connectivity index is 2.28. The predicted molar refractivity (Wildman–Crippen MR) is 72.5 cm³/mol. The Kier molecular flexibility index (Phi) is 3.73. The summed E-state index contributed by atoms with van der Waals surface area (Å²) in [6.07, 6.45) is 0.434. The van der Waals surface area contributed by atoms with Gasteiger partial charge in [0.25, 0.3) is 0 Å². The molecule has 1 N–H and O–H groups in total. The molecule has 0 radical (unpaired) electrons. The van der Waals surface area contributed by atoms with Crippen LogP contribution in [0.5, 0.6) is 0 Å². The second-order valence-electron chi connectivity index (χ2n) is 6.06. The van der Waals surface area contributed by atoms with Crippen LogP contribution in [0.4, 0.5) is 9.18 Å². The average Bonchev–Trinajstić information content (AvgIpc) is 2.70. The second-order valence-corrected chi connectivity index (χ2v) is 6.06. The molecule has 0 aromatic heterocycles. The Bertz CT molecular complexity index is 512. The summed E-state index contributed by atoms with van der Waals surface area (Å²) >= 11 is 0. The lowest BCUT2D eigenvalue weighted by Gasteiger charge is -2.35. The molecule has 0 aliphatic carbocycles. The molecule has 0 bridgehead atoms. The summed E-state index contributed by atoms with van der Waals surface area (Å²) in [5.41, 5.74) is -1.76. The average molecular weight is 281 g/mol. The number of rotatable bonds is 1. The van der Waals surface area contributed by atoms with E-state index in [2.05, 4.69) is 0 Å². The van der Waals surface area contributed by atoms with Crippen molar-refractivity contribution in [3.63, 3.8) is 0 Å². The van der Waals surface area contributed by atoms with Crippen molar-refractivity contribution in [3.05, 3.63) is 35.6 Å². The Hall–Kier alpha value is -1.62. The first-order valence-electron chi connectivity index (χ1n) is 6.71. The third kappa shape index (κ3) is 2.93. The van der Waals surface area contributed by atoms with Crippen molar-refractivity contribution >= 4 is 6.09 Å². The molecule has 1 unspecified atom stereocenters. The molecule has 1 heterocycles. The number of halogens is 1. The maximum Gasteiger partial charge on any atom is 0.412 e. The summed E-state index contributed by atoms with van der Waals surface area (Å²) in [7, 11) is 0. The van der Waals surface area contributed by atoms with Crippen LogP contribution >= 0.6 is 0 Å². The van der Waals surface area contributed by atoms with Gasteiger partial charge in [0.2, 0.25) is 0 Å². The molecule has 1 amide bonds. The van der Waals surface area contributed by atoms with E-state index >= 15 is 0 Å². The maximum absolute atomic E-state index is 13.3. The number of nitrogens with zero attached hydrogens (tertiary/aromatic N) is 1. The second kappa shape index (κ2) is 5.05. The van der Waals surface area contributed by atoms with Gasteiger partial charge in [-0.2, -0.15) is 0 Å². The number of aliphatic hydroxyl groups is 1. The molecule has 1 atom stereocenters.